The Morgan fingerprint density at radius 1 is 1.15 bits per heavy atom. The first-order chi connectivity index (χ1) is 15.4. The molecule has 8 atom stereocenters. The molecule has 8 heteroatoms. The molecule has 0 aromatic rings. The minimum Gasteiger partial charge on any atom is -0.393 e. The molecule has 4 aliphatic carbocycles. The van der Waals surface area contributed by atoms with Gasteiger partial charge in [0.1, 0.15) is 0 Å². The summed E-state index contributed by atoms with van der Waals surface area (Å²) in [6.07, 6.45) is 10.3. The quantitative estimate of drug-likeness (QED) is 0.410. The van der Waals surface area contributed by atoms with Gasteiger partial charge in [-0.1, -0.05) is 13.8 Å². The molecule has 4 N–H and O–H groups in total. The number of hydrogen-bond acceptors (Lipinski definition) is 5. The third-order valence-corrected chi connectivity index (χ3v) is 11.1. The fraction of sp³-hybridized carbons (Fsp3) is 0.920. The molecular weight excluding hydrogens is 440 g/mol. The number of carbonyl (C=O) groups excluding carboxylic acids is 1. The zero-order valence-electron chi connectivity index (χ0n) is 20.2. The van der Waals surface area contributed by atoms with E-state index < -0.39 is 15.9 Å². The van der Waals surface area contributed by atoms with E-state index in [1.807, 2.05) is 0 Å². The second kappa shape index (κ2) is 9.23. The summed E-state index contributed by atoms with van der Waals surface area (Å²) in [5, 5.41) is 22.1. The highest BCUT2D eigenvalue weighted by Crippen LogP contribution is 2.67. The molecule has 0 aromatic carbocycles. The number of carbonyl (C=O) groups is 1. The molecule has 2 unspecified atom stereocenters. The molecule has 0 radical (unpaired) electrons. The minimum atomic E-state index is -4.05. The van der Waals surface area contributed by atoms with Crippen LogP contribution in [0.2, 0.25) is 0 Å². The second-order valence-corrected chi connectivity index (χ2v) is 13.5. The maximum Gasteiger partial charge on any atom is 0.266 e. The monoisotopic (exact) mass is 482 g/mol. The van der Waals surface area contributed by atoms with Crippen LogP contribution in [0.5, 0.6) is 0 Å². The van der Waals surface area contributed by atoms with Gasteiger partial charge in [-0.2, -0.15) is 8.42 Å². The van der Waals surface area contributed by atoms with Gasteiger partial charge in [0.15, 0.2) is 0 Å². The van der Waals surface area contributed by atoms with Crippen LogP contribution in [0.25, 0.3) is 0 Å². The summed E-state index contributed by atoms with van der Waals surface area (Å²) in [5.74, 6) is 1.87. The van der Waals surface area contributed by atoms with Gasteiger partial charge in [-0.3, -0.25) is 9.35 Å². The van der Waals surface area contributed by atoms with Gasteiger partial charge in [0, 0.05) is 18.7 Å². The molecule has 4 saturated carbocycles. The van der Waals surface area contributed by atoms with Gasteiger partial charge in [0.25, 0.3) is 10.1 Å². The molecule has 0 heterocycles. The van der Waals surface area contributed by atoms with Gasteiger partial charge < -0.3 is 15.8 Å². The zero-order valence-corrected chi connectivity index (χ0v) is 21.0. The number of amides is 1. The number of rotatable bonds is 7. The zero-order chi connectivity index (χ0) is 24.0. The average molecular weight is 483 g/mol. The standard InChI is InChI=1S/C25H42N2O5S/c1-24-11-9-20-23(21(28)15-17-14-18(26)8-10-25(17,20)2)19(24)7-6-16(24)4-3-5-22(29)27-12-13-33(30,31)32/h16-17,19-21,23,26,28H,3-15H2,1-2H3,(H,27,29)(H,30,31,32)/t16-,17?,19-,20-,21-,23?,24+,25-/m0/s1. The van der Waals surface area contributed by atoms with Crippen LogP contribution in [0.4, 0.5) is 0 Å². The number of nitrogens with one attached hydrogen (secondary N) is 2. The molecule has 188 valence electrons. The number of hydrogen-bond donors (Lipinski definition) is 4. The predicted octanol–water partition coefficient (Wildman–Crippen LogP) is 3.81. The van der Waals surface area contributed by atoms with E-state index in [0.717, 1.165) is 57.1 Å². The van der Waals surface area contributed by atoms with Crippen molar-refractivity contribution in [2.75, 3.05) is 12.3 Å². The van der Waals surface area contributed by atoms with Gasteiger partial charge in [-0.25, -0.2) is 0 Å². The molecule has 4 rings (SSSR count). The molecule has 1 amide bonds. The SMILES string of the molecule is C[C@]12CC[C@H]3C([C@@H](O)CC4CC(=N)CC[C@@]43C)[C@@H]1CC[C@@H]2CCCC(=O)NCCS(=O)(=O)O. The van der Waals surface area contributed by atoms with E-state index >= 15 is 0 Å². The lowest BCUT2D eigenvalue weighted by atomic mass is 9.44. The van der Waals surface area contributed by atoms with Crippen molar-refractivity contribution in [3.8, 4) is 0 Å². The lowest BCUT2D eigenvalue weighted by Crippen LogP contribution is -2.58. The fourth-order valence-corrected chi connectivity index (χ4v) is 8.91. The maximum atomic E-state index is 12.1. The molecule has 4 aliphatic rings. The fourth-order valence-electron chi connectivity index (χ4n) is 8.55. The number of aliphatic hydroxyl groups excluding tert-OH is 1. The Morgan fingerprint density at radius 2 is 1.88 bits per heavy atom. The van der Waals surface area contributed by atoms with Crippen molar-refractivity contribution in [1.29, 1.82) is 5.41 Å². The summed E-state index contributed by atoms with van der Waals surface area (Å²) < 4.78 is 30.3. The van der Waals surface area contributed by atoms with Crippen LogP contribution < -0.4 is 5.32 Å². The summed E-state index contributed by atoms with van der Waals surface area (Å²) in [7, 11) is -4.05. The van der Waals surface area contributed by atoms with Crippen LogP contribution in [-0.2, 0) is 14.9 Å². The number of aliphatic hydroxyl groups is 1. The number of fused-ring (bicyclic) bond motifs is 5. The van der Waals surface area contributed by atoms with E-state index in [0.29, 0.717) is 36.0 Å². The summed E-state index contributed by atoms with van der Waals surface area (Å²) in [5.41, 5.74) is 1.34. The molecular formula is C25H42N2O5S. The minimum absolute atomic E-state index is 0.0545. The highest BCUT2D eigenvalue weighted by Gasteiger charge is 2.62. The molecule has 0 aliphatic heterocycles. The first-order valence-corrected chi connectivity index (χ1v) is 14.5. The van der Waals surface area contributed by atoms with Gasteiger partial charge >= 0.3 is 0 Å². The van der Waals surface area contributed by atoms with Gasteiger partial charge in [0.2, 0.25) is 5.91 Å². The Kier molecular flexibility index (Phi) is 7.02. The Balaban J connectivity index is 1.35. The van der Waals surface area contributed by atoms with Gasteiger partial charge in [-0.05, 0) is 105 Å². The van der Waals surface area contributed by atoms with Gasteiger partial charge in [0.05, 0.1) is 11.9 Å². The van der Waals surface area contributed by atoms with Crippen molar-refractivity contribution < 1.29 is 22.9 Å². The summed E-state index contributed by atoms with van der Waals surface area (Å²) >= 11 is 0. The van der Waals surface area contributed by atoms with Crippen molar-refractivity contribution in [2.45, 2.75) is 90.6 Å². The Bertz CT molecular complexity index is 876. The highest BCUT2D eigenvalue weighted by molar-refractivity contribution is 7.85. The summed E-state index contributed by atoms with van der Waals surface area (Å²) in [4.78, 5) is 12.1. The summed E-state index contributed by atoms with van der Waals surface area (Å²) in [6, 6.07) is 0. The molecule has 7 nitrogen and oxygen atoms in total. The van der Waals surface area contributed by atoms with E-state index in [9.17, 15) is 18.3 Å². The highest BCUT2D eigenvalue weighted by atomic mass is 32.2. The third kappa shape index (κ3) is 4.90. The van der Waals surface area contributed by atoms with Gasteiger partial charge in [-0.15, -0.1) is 0 Å². The first-order valence-electron chi connectivity index (χ1n) is 12.9. The molecule has 0 bridgehead atoms. The van der Waals surface area contributed by atoms with Crippen molar-refractivity contribution >= 4 is 21.7 Å². The Labute approximate surface area is 198 Å². The third-order valence-electron chi connectivity index (χ3n) is 10.4. The Hall–Kier alpha value is -0.990. The van der Waals surface area contributed by atoms with E-state index in [1.165, 1.54) is 12.8 Å². The van der Waals surface area contributed by atoms with Crippen LogP contribution in [0.3, 0.4) is 0 Å². The Morgan fingerprint density at radius 3 is 2.61 bits per heavy atom. The van der Waals surface area contributed by atoms with Crippen molar-refractivity contribution in [1.82, 2.24) is 5.32 Å². The first kappa shape index (κ1) is 25.1. The van der Waals surface area contributed by atoms with Crippen molar-refractivity contribution in [2.24, 2.45) is 40.4 Å². The normalized spacial score (nSPS) is 42.8. The molecule has 0 saturated heterocycles. The largest absolute Gasteiger partial charge is 0.393 e. The average Bonchev–Trinajstić information content (AvgIpc) is 3.05. The van der Waals surface area contributed by atoms with E-state index in [-0.39, 0.29) is 29.4 Å². The van der Waals surface area contributed by atoms with Crippen LogP contribution >= 0.6 is 0 Å². The lowest BCUT2D eigenvalue weighted by Gasteiger charge is -2.62. The smallest absolute Gasteiger partial charge is 0.266 e. The van der Waals surface area contributed by atoms with E-state index in [1.54, 1.807) is 0 Å². The predicted molar refractivity (Wildman–Crippen MR) is 128 cm³/mol. The molecule has 33 heavy (non-hydrogen) atoms. The topological polar surface area (TPSA) is 128 Å². The molecule has 4 fully saturated rings. The van der Waals surface area contributed by atoms with Crippen LogP contribution in [0, 0.1) is 45.8 Å². The van der Waals surface area contributed by atoms with Crippen LogP contribution in [-0.4, -0.2) is 48.1 Å². The van der Waals surface area contributed by atoms with Crippen LogP contribution in [0.1, 0.15) is 84.5 Å². The van der Waals surface area contributed by atoms with E-state index in [2.05, 4.69) is 19.2 Å². The second-order valence-electron chi connectivity index (χ2n) is 12.0. The molecule has 0 aromatic heterocycles. The summed E-state index contributed by atoms with van der Waals surface area (Å²) in [6.45, 7) is 4.82. The van der Waals surface area contributed by atoms with Crippen molar-refractivity contribution in [3.05, 3.63) is 0 Å². The maximum absolute atomic E-state index is 12.1. The van der Waals surface area contributed by atoms with Crippen molar-refractivity contribution in [3.63, 3.8) is 0 Å². The lowest BCUT2D eigenvalue weighted by molar-refractivity contribution is -0.155. The van der Waals surface area contributed by atoms with Crippen LogP contribution in [0.15, 0.2) is 0 Å². The molecule has 0 spiro atoms. The van der Waals surface area contributed by atoms with E-state index in [4.69, 9.17) is 9.96 Å².